The van der Waals surface area contributed by atoms with E-state index in [1.54, 1.807) is 20.9 Å². The molecule has 6 nitrogen and oxygen atoms in total. The zero-order chi connectivity index (χ0) is 22.3. The fraction of sp³-hybridized carbons (Fsp3) is 1.00. The quantitative estimate of drug-likeness (QED) is 0.148. The summed E-state index contributed by atoms with van der Waals surface area (Å²) in [6.45, 7) is 9.13. The molecule has 0 saturated carbocycles. The molecule has 0 aliphatic rings. The molecule has 0 bridgehead atoms. The summed E-state index contributed by atoms with van der Waals surface area (Å²) in [6.07, 6.45) is 15.9. The topological polar surface area (TPSA) is 86.1 Å². The number of rotatable bonds is 23. The summed E-state index contributed by atoms with van der Waals surface area (Å²) >= 11 is 0. The van der Waals surface area contributed by atoms with Crippen LogP contribution < -0.4 is 10.5 Å². The summed E-state index contributed by atoms with van der Waals surface area (Å²) in [7, 11) is 0.842. The number of hydrogen-bond acceptors (Lipinski definition) is 6. The summed E-state index contributed by atoms with van der Waals surface area (Å²) in [4.78, 5) is 4.55. The Morgan fingerprint density at radius 3 is 1.90 bits per heavy atom. The standard InChI is InChI=1S/C21H48B3N3O3/c1-4-5-6-10-15-21(16-11-7-8-12-17-26-23(2)28)20-25-22-30-19-14-9-13-18-27-24(3)29/h21,26-29H,4-20H2,1-3H3. The third-order valence-corrected chi connectivity index (χ3v) is 5.34. The number of hydrogen-bond donors (Lipinski definition) is 4. The molecule has 174 valence electrons. The molecule has 0 aromatic heterocycles. The minimum absolute atomic E-state index is 0.398. The predicted molar refractivity (Wildman–Crippen MR) is 132 cm³/mol. The van der Waals surface area contributed by atoms with Crippen LogP contribution in [0.3, 0.4) is 0 Å². The maximum atomic E-state index is 9.21. The van der Waals surface area contributed by atoms with Crippen molar-refractivity contribution in [3.05, 3.63) is 0 Å². The molecule has 0 saturated heterocycles. The van der Waals surface area contributed by atoms with Crippen LogP contribution in [0.15, 0.2) is 4.90 Å². The molecule has 30 heavy (non-hydrogen) atoms. The molecule has 0 aromatic rings. The van der Waals surface area contributed by atoms with Gasteiger partial charge in [0.1, 0.15) is 0 Å². The van der Waals surface area contributed by atoms with Crippen LogP contribution >= 0.6 is 0 Å². The fourth-order valence-corrected chi connectivity index (χ4v) is 3.50. The van der Waals surface area contributed by atoms with Gasteiger partial charge in [0.2, 0.25) is 0 Å². The summed E-state index contributed by atoms with van der Waals surface area (Å²) in [5.74, 6) is 0.670. The van der Waals surface area contributed by atoms with Gasteiger partial charge in [0.15, 0.2) is 0 Å². The van der Waals surface area contributed by atoms with E-state index in [1.807, 2.05) is 0 Å². The summed E-state index contributed by atoms with van der Waals surface area (Å²) in [6, 6.07) is 0. The normalized spacial score (nSPS) is 12.2. The zero-order valence-corrected chi connectivity index (χ0v) is 20.1. The van der Waals surface area contributed by atoms with E-state index in [9.17, 15) is 5.02 Å². The van der Waals surface area contributed by atoms with Gasteiger partial charge >= 0.3 is 188 Å². The Kier molecular flexibility index (Phi) is 23.0. The first kappa shape index (κ1) is 29.6. The molecule has 4 N–H and O–H groups in total. The van der Waals surface area contributed by atoms with Gasteiger partial charge in [-0.15, -0.1) is 0 Å². The van der Waals surface area contributed by atoms with Crippen LogP contribution in [0, 0.1) is 5.92 Å². The van der Waals surface area contributed by atoms with Gasteiger partial charge in [0.25, 0.3) is 0 Å². The molecule has 0 aromatic carbocycles. The van der Waals surface area contributed by atoms with Crippen LogP contribution in [0.5, 0.6) is 0 Å². The Morgan fingerprint density at radius 2 is 1.33 bits per heavy atom. The molecule has 0 aliphatic heterocycles. The second-order valence-corrected chi connectivity index (χ2v) is 8.58. The van der Waals surface area contributed by atoms with Gasteiger partial charge in [-0.05, 0) is 0 Å². The molecule has 1 unspecified atom stereocenters. The average molecular weight is 423 g/mol. The molecule has 0 fully saturated rings. The zero-order valence-electron chi connectivity index (χ0n) is 20.1. The van der Waals surface area contributed by atoms with Crippen molar-refractivity contribution in [3.63, 3.8) is 0 Å². The van der Waals surface area contributed by atoms with Crippen molar-refractivity contribution in [1.82, 2.24) is 10.5 Å². The molecule has 0 heterocycles. The van der Waals surface area contributed by atoms with Crippen molar-refractivity contribution < 1.29 is 14.7 Å². The van der Waals surface area contributed by atoms with Gasteiger partial charge in [-0.3, -0.25) is 0 Å². The van der Waals surface area contributed by atoms with Crippen molar-refractivity contribution in [1.29, 1.82) is 0 Å². The van der Waals surface area contributed by atoms with Crippen LogP contribution in [-0.4, -0.2) is 57.7 Å². The van der Waals surface area contributed by atoms with Crippen LogP contribution in [0.25, 0.3) is 0 Å². The molecular weight excluding hydrogens is 375 g/mol. The molecule has 1 atom stereocenters. The van der Waals surface area contributed by atoms with Crippen LogP contribution in [-0.2, 0) is 4.65 Å². The van der Waals surface area contributed by atoms with Gasteiger partial charge in [0.05, 0.1) is 0 Å². The van der Waals surface area contributed by atoms with Crippen LogP contribution in [0.1, 0.15) is 90.4 Å². The third kappa shape index (κ3) is 23.9. The van der Waals surface area contributed by atoms with E-state index in [0.717, 1.165) is 51.9 Å². The van der Waals surface area contributed by atoms with Crippen LogP contribution in [0.4, 0.5) is 0 Å². The van der Waals surface area contributed by atoms with E-state index >= 15 is 0 Å². The van der Waals surface area contributed by atoms with Crippen LogP contribution in [0.2, 0.25) is 13.6 Å². The minimum atomic E-state index is -0.421. The van der Waals surface area contributed by atoms with Crippen molar-refractivity contribution in [2.24, 2.45) is 10.8 Å². The van der Waals surface area contributed by atoms with Gasteiger partial charge in [-0.1, -0.05) is 0 Å². The SMILES string of the molecule is CCCCCCC(CCCCCCNB(C)O)C/N=B\OCCCCCNB(C)O. The van der Waals surface area contributed by atoms with Crippen molar-refractivity contribution in [3.8, 4) is 0 Å². The molecule has 0 aliphatic carbocycles. The Morgan fingerprint density at radius 1 is 0.800 bits per heavy atom. The first-order valence-corrected chi connectivity index (χ1v) is 12.5. The van der Waals surface area contributed by atoms with E-state index < -0.39 is 14.1 Å². The van der Waals surface area contributed by atoms with Gasteiger partial charge in [0, 0.05) is 0 Å². The van der Waals surface area contributed by atoms with Crippen molar-refractivity contribution >= 4 is 21.4 Å². The second kappa shape index (κ2) is 23.3. The van der Waals surface area contributed by atoms with Crippen molar-refractivity contribution in [2.45, 2.75) is 104 Å². The number of unbranched alkanes of at least 4 members (excludes halogenated alkanes) is 8. The molecule has 0 radical (unpaired) electrons. The summed E-state index contributed by atoms with van der Waals surface area (Å²) in [5, 5.41) is 24.4. The molecule has 0 rings (SSSR count). The Hall–Kier alpha value is -0.365. The van der Waals surface area contributed by atoms with E-state index in [-0.39, 0.29) is 0 Å². The maximum absolute atomic E-state index is 9.21. The van der Waals surface area contributed by atoms with E-state index in [1.165, 1.54) is 57.8 Å². The number of nitrogens with zero attached hydrogens (tertiary/aromatic N) is 1. The van der Waals surface area contributed by atoms with E-state index in [2.05, 4.69) is 22.3 Å². The van der Waals surface area contributed by atoms with Crippen molar-refractivity contribution in [2.75, 3.05) is 26.2 Å². The predicted octanol–water partition coefficient (Wildman–Crippen LogP) is 3.91. The monoisotopic (exact) mass is 423 g/mol. The van der Waals surface area contributed by atoms with Gasteiger partial charge < -0.3 is 0 Å². The second-order valence-electron chi connectivity index (χ2n) is 8.58. The van der Waals surface area contributed by atoms with E-state index in [0.29, 0.717) is 5.92 Å². The Labute approximate surface area is 188 Å². The van der Waals surface area contributed by atoms with Gasteiger partial charge in [-0.25, -0.2) is 0 Å². The fourth-order valence-electron chi connectivity index (χ4n) is 3.50. The summed E-state index contributed by atoms with van der Waals surface area (Å²) < 4.78 is 5.56. The molecule has 0 spiro atoms. The molecule has 9 heteroatoms. The Balaban J connectivity index is 3.84. The van der Waals surface area contributed by atoms with Gasteiger partial charge in [-0.2, -0.15) is 0 Å². The first-order valence-electron chi connectivity index (χ1n) is 12.5. The molecular formula is C21H48B3N3O3. The first-order chi connectivity index (χ1) is 14.6. The summed E-state index contributed by atoms with van der Waals surface area (Å²) in [5.41, 5.74) is 0. The number of nitrogens with one attached hydrogen (secondary N) is 2. The van der Waals surface area contributed by atoms with E-state index in [4.69, 9.17) is 9.68 Å². The third-order valence-electron chi connectivity index (χ3n) is 5.34. The molecule has 0 amide bonds. The Bertz CT molecular complexity index is 379. The average Bonchev–Trinajstić information content (AvgIpc) is 2.70.